The summed E-state index contributed by atoms with van der Waals surface area (Å²) in [5, 5.41) is 23.8. The highest BCUT2D eigenvalue weighted by atomic mass is 19.4. The standard InChI is InChI=1S/C18H12F3N7O/c19-18(20,21)15-3-1-2-14(8-15)17-25-27-28(26-17)11-16(29)24-23-10-13-6-4-12(9-22)5-7-13/h1-8,10H,11H2,(H,24,29)/b23-10-. The van der Waals surface area contributed by atoms with Crippen LogP contribution in [0.4, 0.5) is 13.2 Å². The number of hydrogen-bond acceptors (Lipinski definition) is 6. The number of halogens is 3. The van der Waals surface area contributed by atoms with Gasteiger partial charge in [-0.3, -0.25) is 4.79 Å². The molecule has 1 amide bonds. The van der Waals surface area contributed by atoms with Gasteiger partial charge in [0.05, 0.1) is 23.4 Å². The molecule has 8 nitrogen and oxygen atoms in total. The van der Waals surface area contributed by atoms with Crippen LogP contribution in [0.25, 0.3) is 11.4 Å². The third-order valence-corrected chi connectivity index (χ3v) is 3.63. The lowest BCUT2D eigenvalue weighted by Gasteiger charge is -2.06. The number of hydrogen-bond donors (Lipinski definition) is 1. The van der Waals surface area contributed by atoms with E-state index in [0.29, 0.717) is 11.1 Å². The molecule has 0 saturated heterocycles. The second kappa shape index (κ2) is 8.30. The van der Waals surface area contributed by atoms with Gasteiger partial charge in [0.25, 0.3) is 5.91 Å². The van der Waals surface area contributed by atoms with Gasteiger partial charge >= 0.3 is 6.18 Å². The number of rotatable bonds is 5. The zero-order chi connectivity index (χ0) is 20.9. The Morgan fingerprint density at radius 2 is 2.00 bits per heavy atom. The molecule has 0 aliphatic carbocycles. The fourth-order valence-corrected chi connectivity index (χ4v) is 2.25. The molecule has 1 aromatic heterocycles. The number of tetrazole rings is 1. The molecule has 1 N–H and O–H groups in total. The topological polar surface area (TPSA) is 109 Å². The van der Waals surface area contributed by atoms with Gasteiger partial charge < -0.3 is 0 Å². The quantitative estimate of drug-likeness (QED) is 0.523. The first-order chi connectivity index (χ1) is 13.8. The molecule has 0 atom stereocenters. The molecule has 0 bridgehead atoms. The van der Waals surface area contributed by atoms with E-state index in [1.54, 1.807) is 24.3 Å². The Bertz CT molecular complexity index is 1080. The maximum Gasteiger partial charge on any atom is 0.416 e. The number of carbonyl (C=O) groups excluding carboxylic acids is 1. The van der Waals surface area contributed by atoms with Gasteiger partial charge in [-0.15, -0.1) is 10.2 Å². The minimum atomic E-state index is -4.49. The molecule has 0 saturated carbocycles. The Labute approximate surface area is 162 Å². The van der Waals surface area contributed by atoms with Gasteiger partial charge in [0, 0.05) is 5.56 Å². The minimum absolute atomic E-state index is 0.0371. The highest BCUT2D eigenvalue weighted by Gasteiger charge is 2.30. The van der Waals surface area contributed by atoms with Crippen LogP contribution in [-0.4, -0.2) is 32.3 Å². The maximum absolute atomic E-state index is 12.8. The van der Waals surface area contributed by atoms with E-state index in [1.807, 2.05) is 6.07 Å². The Morgan fingerprint density at radius 3 is 2.69 bits per heavy atom. The van der Waals surface area contributed by atoms with Crippen molar-refractivity contribution in [2.75, 3.05) is 0 Å². The van der Waals surface area contributed by atoms with E-state index >= 15 is 0 Å². The van der Waals surface area contributed by atoms with E-state index in [-0.39, 0.29) is 17.9 Å². The molecule has 2 aromatic carbocycles. The van der Waals surface area contributed by atoms with Crippen molar-refractivity contribution in [3.05, 3.63) is 65.2 Å². The van der Waals surface area contributed by atoms with Gasteiger partial charge in [0.2, 0.25) is 5.82 Å². The van der Waals surface area contributed by atoms with Crippen molar-refractivity contribution in [1.29, 1.82) is 5.26 Å². The zero-order valence-electron chi connectivity index (χ0n) is 14.6. The zero-order valence-corrected chi connectivity index (χ0v) is 14.6. The number of alkyl halides is 3. The number of nitrogens with zero attached hydrogens (tertiary/aromatic N) is 6. The Hall–Kier alpha value is -4.07. The molecule has 0 aliphatic rings. The Balaban J connectivity index is 1.60. The summed E-state index contributed by atoms with van der Waals surface area (Å²) in [5.41, 5.74) is 2.75. The third kappa shape index (κ3) is 5.23. The van der Waals surface area contributed by atoms with Crippen molar-refractivity contribution < 1.29 is 18.0 Å². The summed E-state index contributed by atoms with van der Waals surface area (Å²) in [6.07, 6.45) is -3.10. The van der Waals surface area contributed by atoms with Gasteiger partial charge in [-0.1, -0.05) is 24.3 Å². The molecule has 0 radical (unpaired) electrons. The Morgan fingerprint density at radius 1 is 1.24 bits per heavy atom. The van der Waals surface area contributed by atoms with E-state index in [1.165, 1.54) is 18.3 Å². The van der Waals surface area contributed by atoms with E-state index in [2.05, 4.69) is 25.9 Å². The van der Waals surface area contributed by atoms with Gasteiger partial charge in [-0.25, -0.2) is 5.43 Å². The van der Waals surface area contributed by atoms with E-state index in [0.717, 1.165) is 16.9 Å². The summed E-state index contributed by atoms with van der Waals surface area (Å²) in [5.74, 6) is -0.590. The fourth-order valence-electron chi connectivity index (χ4n) is 2.25. The van der Waals surface area contributed by atoms with Crippen molar-refractivity contribution in [3.8, 4) is 17.5 Å². The number of carbonyl (C=O) groups is 1. The van der Waals surface area contributed by atoms with Crippen LogP contribution in [-0.2, 0) is 17.5 Å². The van der Waals surface area contributed by atoms with Crippen molar-refractivity contribution in [2.45, 2.75) is 12.7 Å². The van der Waals surface area contributed by atoms with Crippen molar-refractivity contribution in [3.63, 3.8) is 0 Å². The lowest BCUT2D eigenvalue weighted by Crippen LogP contribution is -2.24. The molecule has 0 fully saturated rings. The van der Waals surface area contributed by atoms with Crippen LogP contribution >= 0.6 is 0 Å². The van der Waals surface area contributed by atoms with Crippen molar-refractivity contribution in [1.82, 2.24) is 25.6 Å². The maximum atomic E-state index is 12.8. The van der Waals surface area contributed by atoms with Crippen LogP contribution in [0.3, 0.4) is 0 Å². The van der Waals surface area contributed by atoms with Gasteiger partial charge in [0.1, 0.15) is 6.54 Å². The smallest absolute Gasteiger partial charge is 0.271 e. The molecule has 0 unspecified atom stereocenters. The molecule has 3 rings (SSSR count). The van der Waals surface area contributed by atoms with E-state index in [9.17, 15) is 18.0 Å². The largest absolute Gasteiger partial charge is 0.416 e. The molecular weight excluding hydrogens is 387 g/mol. The molecule has 29 heavy (non-hydrogen) atoms. The van der Waals surface area contributed by atoms with Crippen LogP contribution < -0.4 is 5.43 Å². The molecule has 11 heteroatoms. The predicted molar refractivity (Wildman–Crippen MR) is 95.1 cm³/mol. The first-order valence-corrected chi connectivity index (χ1v) is 8.12. The van der Waals surface area contributed by atoms with Crippen molar-refractivity contribution >= 4 is 12.1 Å². The molecule has 146 valence electrons. The second-order valence-corrected chi connectivity index (χ2v) is 5.75. The van der Waals surface area contributed by atoms with Gasteiger partial charge in [0.15, 0.2) is 0 Å². The second-order valence-electron chi connectivity index (χ2n) is 5.75. The minimum Gasteiger partial charge on any atom is -0.271 e. The molecule has 0 spiro atoms. The summed E-state index contributed by atoms with van der Waals surface area (Å²) < 4.78 is 38.4. The highest BCUT2D eigenvalue weighted by molar-refractivity contribution is 5.82. The summed E-state index contributed by atoms with van der Waals surface area (Å²) in [6, 6.07) is 13.0. The van der Waals surface area contributed by atoms with Gasteiger partial charge in [-0.2, -0.15) is 28.3 Å². The van der Waals surface area contributed by atoms with E-state index in [4.69, 9.17) is 5.26 Å². The van der Waals surface area contributed by atoms with E-state index < -0.39 is 17.6 Å². The average Bonchev–Trinajstić information content (AvgIpc) is 3.16. The predicted octanol–water partition coefficient (Wildman–Crippen LogP) is 2.38. The summed E-state index contributed by atoms with van der Waals surface area (Å²) in [6.45, 7) is -0.323. The number of hydrazone groups is 1. The lowest BCUT2D eigenvalue weighted by atomic mass is 10.1. The molecular formula is C18H12F3N7O. The summed E-state index contributed by atoms with van der Waals surface area (Å²) in [7, 11) is 0. The third-order valence-electron chi connectivity index (χ3n) is 3.63. The molecule has 1 heterocycles. The molecule has 3 aromatic rings. The number of nitriles is 1. The van der Waals surface area contributed by atoms with Gasteiger partial charge in [-0.05, 0) is 35.0 Å². The number of aromatic nitrogens is 4. The normalized spacial score (nSPS) is 11.4. The Kier molecular flexibility index (Phi) is 5.64. The number of amides is 1. The summed E-state index contributed by atoms with van der Waals surface area (Å²) >= 11 is 0. The first kappa shape index (κ1) is 19.7. The van der Waals surface area contributed by atoms with Crippen LogP contribution in [0.5, 0.6) is 0 Å². The average molecular weight is 399 g/mol. The van der Waals surface area contributed by atoms with Crippen LogP contribution in [0, 0.1) is 11.3 Å². The number of nitrogens with one attached hydrogen (secondary N) is 1. The van der Waals surface area contributed by atoms with Crippen molar-refractivity contribution in [2.24, 2.45) is 5.10 Å². The lowest BCUT2D eigenvalue weighted by molar-refractivity contribution is -0.137. The SMILES string of the molecule is N#Cc1ccc(/C=N\NC(=O)Cn2nnc(-c3cccc(C(F)(F)F)c3)n2)cc1. The highest BCUT2D eigenvalue weighted by Crippen LogP contribution is 2.31. The summed E-state index contributed by atoms with van der Waals surface area (Å²) in [4.78, 5) is 12.8. The van der Waals surface area contributed by atoms with Crippen LogP contribution in [0.1, 0.15) is 16.7 Å². The van der Waals surface area contributed by atoms with Crippen LogP contribution in [0.2, 0.25) is 0 Å². The fraction of sp³-hybridized carbons (Fsp3) is 0.111. The first-order valence-electron chi connectivity index (χ1n) is 8.12. The monoisotopic (exact) mass is 399 g/mol. The number of benzene rings is 2. The molecule has 0 aliphatic heterocycles. The van der Waals surface area contributed by atoms with Crippen LogP contribution in [0.15, 0.2) is 53.6 Å².